The van der Waals surface area contributed by atoms with Gasteiger partial charge in [0.05, 0.1) is 18.2 Å². The van der Waals surface area contributed by atoms with Crippen LogP contribution >= 0.6 is 0 Å². The number of carbonyl (C=O) groups excluding carboxylic acids is 1. The third-order valence-corrected chi connectivity index (χ3v) is 3.33. The maximum atomic E-state index is 11.4. The molecule has 0 N–H and O–H groups in total. The fourth-order valence-electron chi connectivity index (χ4n) is 2.14. The average molecular weight is 293 g/mol. The minimum absolute atomic E-state index is 0.344. The second-order valence-electron chi connectivity index (χ2n) is 4.82. The van der Waals surface area contributed by atoms with E-state index >= 15 is 0 Å². The van der Waals surface area contributed by atoms with Crippen molar-refractivity contribution in [2.75, 3.05) is 7.11 Å². The molecule has 0 fully saturated rings. The van der Waals surface area contributed by atoms with E-state index in [4.69, 9.17) is 4.74 Å². The summed E-state index contributed by atoms with van der Waals surface area (Å²) in [6.07, 6.45) is 0. The maximum Gasteiger partial charge on any atom is 0.337 e. The van der Waals surface area contributed by atoms with Crippen molar-refractivity contribution in [2.45, 2.75) is 6.61 Å². The highest BCUT2D eigenvalue weighted by Crippen LogP contribution is 2.17. The number of esters is 1. The van der Waals surface area contributed by atoms with Crippen LogP contribution in [0, 0.1) is 0 Å². The van der Waals surface area contributed by atoms with Crippen molar-refractivity contribution in [2.24, 2.45) is 0 Å². The van der Waals surface area contributed by atoms with E-state index in [2.05, 4.69) is 9.72 Å². The molecule has 0 spiro atoms. The van der Waals surface area contributed by atoms with Crippen LogP contribution in [0.3, 0.4) is 0 Å². The number of pyridine rings is 1. The van der Waals surface area contributed by atoms with E-state index in [9.17, 15) is 4.79 Å². The minimum atomic E-state index is -0.344. The van der Waals surface area contributed by atoms with Crippen LogP contribution < -0.4 is 4.74 Å². The van der Waals surface area contributed by atoms with E-state index in [-0.39, 0.29) is 5.97 Å². The Morgan fingerprint density at radius 1 is 1.00 bits per heavy atom. The van der Waals surface area contributed by atoms with Gasteiger partial charge in [0.25, 0.3) is 0 Å². The lowest BCUT2D eigenvalue weighted by atomic mass is 10.1. The lowest BCUT2D eigenvalue weighted by Crippen LogP contribution is -2.02. The number of benzene rings is 2. The Bertz CT molecular complexity index is 797. The number of hydrogen-bond donors (Lipinski definition) is 0. The van der Waals surface area contributed by atoms with Gasteiger partial charge in [0.1, 0.15) is 6.61 Å². The third-order valence-electron chi connectivity index (χ3n) is 3.33. The van der Waals surface area contributed by atoms with E-state index in [0.29, 0.717) is 18.1 Å². The van der Waals surface area contributed by atoms with Gasteiger partial charge in [0, 0.05) is 11.5 Å². The molecule has 2 aromatic carbocycles. The van der Waals surface area contributed by atoms with Crippen LogP contribution in [0.4, 0.5) is 0 Å². The largest absolute Gasteiger partial charge is 0.473 e. The molecule has 1 aromatic heterocycles. The number of ether oxygens (including phenoxy) is 2. The Labute approximate surface area is 128 Å². The first-order chi connectivity index (χ1) is 10.8. The fourth-order valence-corrected chi connectivity index (χ4v) is 2.14. The van der Waals surface area contributed by atoms with Gasteiger partial charge in [0.2, 0.25) is 5.88 Å². The van der Waals surface area contributed by atoms with Gasteiger partial charge in [-0.3, -0.25) is 0 Å². The highest BCUT2D eigenvalue weighted by Gasteiger charge is 2.05. The molecule has 4 nitrogen and oxygen atoms in total. The van der Waals surface area contributed by atoms with Gasteiger partial charge < -0.3 is 9.47 Å². The van der Waals surface area contributed by atoms with Crippen LogP contribution in [0.1, 0.15) is 15.9 Å². The van der Waals surface area contributed by atoms with E-state index in [1.54, 1.807) is 12.1 Å². The Morgan fingerprint density at radius 2 is 1.77 bits per heavy atom. The fraction of sp³-hybridized carbons (Fsp3) is 0.111. The summed E-state index contributed by atoms with van der Waals surface area (Å²) in [6, 6.07) is 18.9. The molecule has 0 saturated carbocycles. The average Bonchev–Trinajstić information content (AvgIpc) is 2.59. The zero-order valence-electron chi connectivity index (χ0n) is 12.2. The number of fused-ring (bicyclic) bond motifs is 1. The molecule has 3 aromatic rings. The van der Waals surface area contributed by atoms with Crippen molar-refractivity contribution in [3.8, 4) is 5.88 Å². The Morgan fingerprint density at radius 3 is 2.55 bits per heavy atom. The molecule has 0 atom stereocenters. The molecule has 0 aliphatic heterocycles. The van der Waals surface area contributed by atoms with Crippen molar-refractivity contribution >= 4 is 16.9 Å². The smallest absolute Gasteiger partial charge is 0.337 e. The normalized spacial score (nSPS) is 10.4. The third kappa shape index (κ3) is 3.06. The molecular formula is C18H15NO3. The van der Waals surface area contributed by atoms with Gasteiger partial charge in [-0.1, -0.05) is 30.3 Å². The minimum Gasteiger partial charge on any atom is -0.473 e. The molecule has 3 rings (SSSR count). The number of para-hydroxylation sites is 1. The van der Waals surface area contributed by atoms with E-state index in [1.165, 1.54) is 7.11 Å². The summed E-state index contributed by atoms with van der Waals surface area (Å²) in [7, 11) is 1.37. The number of carbonyl (C=O) groups is 1. The summed E-state index contributed by atoms with van der Waals surface area (Å²) < 4.78 is 10.4. The van der Waals surface area contributed by atoms with Crippen molar-refractivity contribution in [3.05, 3.63) is 71.8 Å². The number of hydrogen-bond acceptors (Lipinski definition) is 4. The molecule has 4 heteroatoms. The van der Waals surface area contributed by atoms with E-state index in [0.717, 1.165) is 16.5 Å². The predicted octanol–water partition coefficient (Wildman–Crippen LogP) is 3.60. The molecule has 0 saturated heterocycles. The molecule has 22 heavy (non-hydrogen) atoms. The molecule has 0 aliphatic carbocycles. The van der Waals surface area contributed by atoms with E-state index < -0.39 is 0 Å². The molecule has 0 radical (unpaired) electrons. The first kappa shape index (κ1) is 14.1. The van der Waals surface area contributed by atoms with Gasteiger partial charge in [-0.15, -0.1) is 0 Å². The summed E-state index contributed by atoms with van der Waals surface area (Å²) in [5.74, 6) is 0.236. The molecule has 0 aliphatic rings. The molecule has 0 bridgehead atoms. The Kier molecular flexibility index (Phi) is 4.01. The number of methoxy groups -OCH3 is 1. The lowest BCUT2D eigenvalue weighted by molar-refractivity contribution is 0.0600. The predicted molar refractivity (Wildman–Crippen MR) is 83.9 cm³/mol. The highest BCUT2D eigenvalue weighted by atomic mass is 16.5. The Hall–Kier alpha value is -2.88. The second-order valence-corrected chi connectivity index (χ2v) is 4.82. The zero-order valence-corrected chi connectivity index (χ0v) is 12.2. The molecular weight excluding hydrogens is 278 g/mol. The summed E-state index contributed by atoms with van der Waals surface area (Å²) in [5, 5.41) is 1.08. The second kappa shape index (κ2) is 6.26. The lowest BCUT2D eigenvalue weighted by Gasteiger charge is -2.07. The quantitative estimate of drug-likeness (QED) is 0.690. The van der Waals surface area contributed by atoms with Gasteiger partial charge in [-0.25, -0.2) is 9.78 Å². The molecule has 110 valence electrons. The van der Waals surface area contributed by atoms with Gasteiger partial charge >= 0.3 is 5.97 Å². The van der Waals surface area contributed by atoms with Gasteiger partial charge in [-0.2, -0.15) is 0 Å². The van der Waals surface area contributed by atoms with Crippen LogP contribution in [0.15, 0.2) is 60.7 Å². The molecule has 0 amide bonds. The highest BCUT2D eigenvalue weighted by molar-refractivity contribution is 5.89. The summed E-state index contributed by atoms with van der Waals surface area (Å²) in [5.41, 5.74) is 2.39. The molecule has 1 heterocycles. The van der Waals surface area contributed by atoms with Crippen LogP contribution in [-0.4, -0.2) is 18.1 Å². The van der Waals surface area contributed by atoms with Gasteiger partial charge in [-0.05, 0) is 29.8 Å². The topological polar surface area (TPSA) is 48.4 Å². The van der Waals surface area contributed by atoms with Crippen LogP contribution in [0.2, 0.25) is 0 Å². The number of rotatable bonds is 4. The van der Waals surface area contributed by atoms with Crippen molar-refractivity contribution in [1.29, 1.82) is 0 Å². The Balaban J connectivity index is 1.69. The van der Waals surface area contributed by atoms with Crippen molar-refractivity contribution in [3.63, 3.8) is 0 Å². The summed E-state index contributed by atoms with van der Waals surface area (Å²) in [6.45, 7) is 0.396. The summed E-state index contributed by atoms with van der Waals surface area (Å²) in [4.78, 5) is 15.8. The van der Waals surface area contributed by atoms with Crippen molar-refractivity contribution < 1.29 is 14.3 Å². The van der Waals surface area contributed by atoms with Crippen LogP contribution in [0.25, 0.3) is 10.9 Å². The SMILES string of the molecule is COC(=O)c1ccc(COc2ccc3ccccc3n2)cc1. The first-order valence-corrected chi connectivity index (χ1v) is 6.92. The van der Waals surface area contributed by atoms with E-state index in [1.807, 2.05) is 48.5 Å². The maximum absolute atomic E-state index is 11.4. The van der Waals surface area contributed by atoms with Crippen LogP contribution in [0.5, 0.6) is 5.88 Å². The first-order valence-electron chi connectivity index (χ1n) is 6.92. The standard InChI is InChI=1S/C18H15NO3/c1-21-18(20)15-8-6-13(7-9-15)12-22-17-11-10-14-4-2-3-5-16(14)19-17/h2-11H,12H2,1H3. The van der Waals surface area contributed by atoms with Crippen LogP contribution in [-0.2, 0) is 11.3 Å². The van der Waals surface area contributed by atoms with Gasteiger partial charge in [0.15, 0.2) is 0 Å². The zero-order chi connectivity index (χ0) is 15.4. The number of aromatic nitrogens is 1. The van der Waals surface area contributed by atoms with Crippen molar-refractivity contribution in [1.82, 2.24) is 4.98 Å². The monoisotopic (exact) mass is 293 g/mol. The summed E-state index contributed by atoms with van der Waals surface area (Å²) >= 11 is 0. The molecule has 0 unspecified atom stereocenters. The number of nitrogens with zero attached hydrogens (tertiary/aromatic N) is 1.